The number of hydrogen-bond donors (Lipinski definition) is 1. The molecule has 1 N–H and O–H groups in total. The molecule has 2 unspecified atom stereocenters. The Morgan fingerprint density at radius 3 is 2.54 bits per heavy atom. The monoisotopic (exact) mass is 381 g/mol. The maximum Gasteiger partial charge on any atom is 0.336 e. The van der Waals surface area contributed by atoms with Crippen LogP contribution in [0.5, 0.6) is 11.5 Å². The van der Waals surface area contributed by atoms with E-state index in [2.05, 4.69) is 4.90 Å². The van der Waals surface area contributed by atoms with Crippen molar-refractivity contribution in [3.63, 3.8) is 0 Å². The average molecular weight is 382 g/mol. The van der Waals surface area contributed by atoms with Crippen LogP contribution in [0.15, 0.2) is 6.07 Å². The summed E-state index contributed by atoms with van der Waals surface area (Å²) in [7, 11) is 0. The number of ether oxygens (including phenoxy) is 3. The summed E-state index contributed by atoms with van der Waals surface area (Å²) in [6.07, 6.45) is 3.46. The summed E-state index contributed by atoms with van der Waals surface area (Å²) in [6.45, 7) is 7.51. The van der Waals surface area contributed by atoms with Crippen molar-refractivity contribution in [2.45, 2.75) is 45.0 Å². The third-order valence-corrected chi connectivity index (χ3v) is 6.14. The molecule has 26 heavy (non-hydrogen) atoms. The molecule has 3 aliphatic rings. The number of benzene rings is 1. The van der Waals surface area contributed by atoms with Gasteiger partial charge in [0.1, 0.15) is 0 Å². The zero-order chi connectivity index (χ0) is 18.5. The number of carboxylic acid groups (broad SMARTS) is 1. The van der Waals surface area contributed by atoms with Gasteiger partial charge in [-0.3, -0.25) is 0 Å². The molecular formula is C19H24ClNO5. The van der Waals surface area contributed by atoms with Crippen molar-refractivity contribution in [2.24, 2.45) is 5.92 Å². The van der Waals surface area contributed by atoms with E-state index >= 15 is 0 Å². The minimum absolute atomic E-state index is 0.150. The van der Waals surface area contributed by atoms with Crippen LogP contribution in [-0.2, 0) is 4.74 Å². The highest BCUT2D eigenvalue weighted by atomic mass is 35.5. The molecule has 0 amide bonds. The van der Waals surface area contributed by atoms with E-state index in [4.69, 9.17) is 25.8 Å². The maximum atomic E-state index is 11.4. The first-order valence-corrected chi connectivity index (χ1v) is 9.53. The van der Waals surface area contributed by atoms with Gasteiger partial charge in [-0.2, -0.15) is 0 Å². The van der Waals surface area contributed by atoms with Crippen molar-refractivity contribution in [3.8, 4) is 11.5 Å². The van der Waals surface area contributed by atoms with Crippen LogP contribution in [0, 0.1) is 12.8 Å². The number of hydrogen-bond acceptors (Lipinski definition) is 5. The number of nitrogens with zero attached hydrogens (tertiary/aromatic N) is 1. The molecule has 142 valence electrons. The topological polar surface area (TPSA) is 68.2 Å². The first kappa shape index (κ1) is 17.9. The van der Waals surface area contributed by atoms with Crippen LogP contribution in [0.4, 0.5) is 0 Å². The Morgan fingerprint density at radius 1 is 1.31 bits per heavy atom. The van der Waals surface area contributed by atoms with Gasteiger partial charge in [0, 0.05) is 31.6 Å². The molecule has 1 aromatic rings. The highest BCUT2D eigenvalue weighted by molar-refractivity contribution is 6.32. The SMILES string of the molecule is Cc1c(C(=O)O)cc(Cl)c2c1OC(C)(C1CCN(CC3CCO3)CC1)O2. The molecule has 2 saturated heterocycles. The van der Waals surface area contributed by atoms with Crippen LogP contribution in [0.1, 0.15) is 42.1 Å². The molecule has 7 heteroatoms. The Balaban J connectivity index is 1.47. The highest BCUT2D eigenvalue weighted by Crippen LogP contribution is 2.51. The van der Waals surface area contributed by atoms with E-state index < -0.39 is 11.8 Å². The van der Waals surface area contributed by atoms with Crippen molar-refractivity contribution >= 4 is 17.6 Å². The minimum Gasteiger partial charge on any atom is -0.478 e. The van der Waals surface area contributed by atoms with Gasteiger partial charge in [0.05, 0.1) is 16.7 Å². The Morgan fingerprint density at radius 2 is 1.96 bits per heavy atom. The van der Waals surface area contributed by atoms with Crippen molar-refractivity contribution < 1.29 is 24.1 Å². The number of likely N-dealkylation sites (tertiary alicyclic amines) is 1. The van der Waals surface area contributed by atoms with Gasteiger partial charge in [0.25, 0.3) is 5.79 Å². The van der Waals surface area contributed by atoms with E-state index in [1.165, 1.54) is 6.07 Å². The molecule has 0 bridgehead atoms. The van der Waals surface area contributed by atoms with E-state index in [1.54, 1.807) is 6.92 Å². The molecule has 0 aliphatic carbocycles. The predicted octanol–water partition coefficient (Wildman–Crippen LogP) is 3.33. The molecule has 0 radical (unpaired) electrons. The maximum absolute atomic E-state index is 11.4. The number of carboxylic acids is 1. The van der Waals surface area contributed by atoms with Crippen LogP contribution in [0.25, 0.3) is 0 Å². The van der Waals surface area contributed by atoms with E-state index in [9.17, 15) is 9.90 Å². The quantitative estimate of drug-likeness (QED) is 0.862. The van der Waals surface area contributed by atoms with Gasteiger partial charge in [0.2, 0.25) is 0 Å². The number of carbonyl (C=O) groups is 1. The van der Waals surface area contributed by atoms with E-state index in [0.717, 1.165) is 45.5 Å². The molecule has 6 nitrogen and oxygen atoms in total. The molecule has 0 saturated carbocycles. The van der Waals surface area contributed by atoms with Gasteiger partial charge in [-0.05, 0) is 45.3 Å². The molecule has 4 rings (SSSR count). The van der Waals surface area contributed by atoms with E-state index in [1.807, 2.05) is 6.92 Å². The number of piperidine rings is 1. The molecule has 2 atom stereocenters. The van der Waals surface area contributed by atoms with Gasteiger partial charge in [-0.15, -0.1) is 0 Å². The molecular weight excluding hydrogens is 358 g/mol. The number of halogens is 1. The van der Waals surface area contributed by atoms with Crippen LogP contribution in [0.3, 0.4) is 0 Å². The lowest BCUT2D eigenvalue weighted by Crippen LogP contribution is -2.50. The first-order chi connectivity index (χ1) is 12.4. The largest absolute Gasteiger partial charge is 0.478 e. The Labute approximate surface area is 158 Å². The normalized spacial score (nSPS) is 28.8. The molecule has 3 heterocycles. The zero-order valence-electron chi connectivity index (χ0n) is 15.1. The van der Waals surface area contributed by atoms with Gasteiger partial charge in [-0.25, -0.2) is 4.79 Å². The summed E-state index contributed by atoms with van der Waals surface area (Å²) in [4.78, 5) is 13.9. The van der Waals surface area contributed by atoms with Gasteiger partial charge >= 0.3 is 5.97 Å². The van der Waals surface area contributed by atoms with Crippen molar-refractivity contribution in [2.75, 3.05) is 26.2 Å². The summed E-state index contributed by atoms with van der Waals surface area (Å²) in [6, 6.07) is 1.44. The summed E-state index contributed by atoms with van der Waals surface area (Å²) in [5.41, 5.74) is 0.706. The van der Waals surface area contributed by atoms with Crippen LogP contribution in [-0.4, -0.2) is 54.1 Å². The number of aromatic carboxylic acids is 1. The van der Waals surface area contributed by atoms with Gasteiger partial charge in [0.15, 0.2) is 11.5 Å². The fraction of sp³-hybridized carbons (Fsp3) is 0.632. The highest BCUT2D eigenvalue weighted by Gasteiger charge is 2.47. The predicted molar refractivity (Wildman–Crippen MR) is 96.3 cm³/mol. The zero-order valence-corrected chi connectivity index (χ0v) is 15.8. The first-order valence-electron chi connectivity index (χ1n) is 9.16. The van der Waals surface area contributed by atoms with Crippen molar-refractivity contribution in [3.05, 3.63) is 22.2 Å². The summed E-state index contributed by atoms with van der Waals surface area (Å²) in [5.74, 6) is -0.690. The number of fused-ring (bicyclic) bond motifs is 1. The Bertz CT molecular complexity index is 727. The second-order valence-electron chi connectivity index (χ2n) is 7.57. The van der Waals surface area contributed by atoms with Gasteiger partial charge < -0.3 is 24.2 Å². The molecule has 0 spiro atoms. The Kier molecular flexibility index (Phi) is 4.53. The molecule has 1 aromatic carbocycles. The van der Waals surface area contributed by atoms with Crippen LogP contribution in [0.2, 0.25) is 5.02 Å². The standard InChI is InChI=1S/C19H24ClNO5/c1-11-14(18(22)23)9-15(20)17-16(11)25-19(2,26-17)12-3-6-21(7-4-12)10-13-5-8-24-13/h9,12-13H,3-8,10H2,1-2H3,(H,22,23). The fourth-order valence-electron chi connectivity index (χ4n) is 4.09. The second kappa shape index (κ2) is 6.59. The third kappa shape index (κ3) is 3.04. The molecule has 2 fully saturated rings. The molecule has 0 aromatic heterocycles. The summed E-state index contributed by atoms with van der Waals surface area (Å²) in [5, 5.41) is 9.64. The summed E-state index contributed by atoms with van der Waals surface area (Å²) >= 11 is 6.27. The smallest absolute Gasteiger partial charge is 0.336 e. The lowest BCUT2D eigenvalue weighted by atomic mass is 9.89. The third-order valence-electron chi connectivity index (χ3n) is 5.86. The second-order valence-corrected chi connectivity index (χ2v) is 7.98. The fourth-order valence-corrected chi connectivity index (χ4v) is 4.32. The van der Waals surface area contributed by atoms with E-state index in [-0.39, 0.29) is 16.5 Å². The lowest BCUT2D eigenvalue weighted by molar-refractivity contribution is -0.129. The van der Waals surface area contributed by atoms with E-state index in [0.29, 0.717) is 23.2 Å². The Hall–Kier alpha value is -1.50. The minimum atomic E-state index is -1.02. The van der Waals surface area contributed by atoms with Crippen molar-refractivity contribution in [1.29, 1.82) is 0 Å². The van der Waals surface area contributed by atoms with Gasteiger partial charge in [-0.1, -0.05) is 11.6 Å². The van der Waals surface area contributed by atoms with Crippen LogP contribution >= 0.6 is 11.6 Å². The van der Waals surface area contributed by atoms with Crippen molar-refractivity contribution in [1.82, 2.24) is 4.90 Å². The average Bonchev–Trinajstić information content (AvgIpc) is 2.94. The number of rotatable bonds is 4. The lowest BCUT2D eigenvalue weighted by Gasteiger charge is -2.40. The molecule has 3 aliphatic heterocycles. The summed E-state index contributed by atoms with van der Waals surface area (Å²) < 4.78 is 17.8. The van der Waals surface area contributed by atoms with Crippen LogP contribution < -0.4 is 9.47 Å².